The molecule has 1 aromatic carbocycles. The first-order valence-corrected chi connectivity index (χ1v) is 8.35. The van der Waals surface area contributed by atoms with Gasteiger partial charge in [-0.25, -0.2) is 9.97 Å². The molecule has 25 heavy (non-hydrogen) atoms. The van der Waals surface area contributed by atoms with Crippen LogP contribution in [0.4, 0.5) is 11.6 Å². The number of anilines is 2. The Bertz CT molecular complexity index is 873. The van der Waals surface area contributed by atoms with Gasteiger partial charge in [0.2, 0.25) is 5.95 Å². The van der Waals surface area contributed by atoms with E-state index in [9.17, 15) is 4.79 Å². The lowest BCUT2D eigenvalue weighted by molar-refractivity contribution is 0.0947. The molecular weight excluding hydrogens is 314 g/mol. The highest BCUT2D eigenvalue weighted by Gasteiger charge is 2.10. The second-order valence-corrected chi connectivity index (χ2v) is 6.21. The third kappa shape index (κ3) is 4.29. The summed E-state index contributed by atoms with van der Waals surface area (Å²) in [5, 5.41) is 7.06. The molecule has 0 aliphatic carbocycles. The molecule has 0 unspecified atom stereocenters. The molecule has 3 rings (SSSR count). The van der Waals surface area contributed by atoms with Gasteiger partial charge in [-0.15, -0.1) is 0 Å². The SMILES string of the molecule is CC(C)CCNC(=O)c1ccnc(Nc2cccc3cccnc23)n1. The van der Waals surface area contributed by atoms with Gasteiger partial charge in [0.25, 0.3) is 5.91 Å². The number of amides is 1. The number of hydrogen-bond acceptors (Lipinski definition) is 5. The number of benzene rings is 1. The first-order chi connectivity index (χ1) is 12.1. The molecule has 2 N–H and O–H groups in total. The highest BCUT2D eigenvalue weighted by Crippen LogP contribution is 2.22. The zero-order valence-corrected chi connectivity index (χ0v) is 14.4. The minimum absolute atomic E-state index is 0.192. The summed E-state index contributed by atoms with van der Waals surface area (Å²) in [4.78, 5) is 25.1. The van der Waals surface area contributed by atoms with Gasteiger partial charge in [0.05, 0.1) is 11.2 Å². The van der Waals surface area contributed by atoms with Gasteiger partial charge in [0, 0.05) is 24.3 Å². The Kier molecular flexibility index (Phi) is 5.18. The second kappa shape index (κ2) is 7.70. The molecule has 0 fully saturated rings. The Morgan fingerprint density at radius 3 is 2.76 bits per heavy atom. The van der Waals surface area contributed by atoms with Crippen molar-refractivity contribution < 1.29 is 4.79 Å². The number of fused-ring (bicyclic) bond motifs is 1. The van der Waals surface area contributed by atoms with Crippen molar-refractivity contribution >= 4 is 28.4 Å². The van der Waals surface area contributed by atoms with Crippen LogP contribution in [0.5, 0.6) is 0 Å². The van der Waals surface area contributed by atoms with Crippen LogP contribution in [0.2, 0.25) is 0 Å². The number of carbonyl (C=O) groups is 1. The van der Waals surface area contributed by atoms with Crippen LogP contribution >= 0.6 is 0 Å². The van der Waals surface area contributed by atoms with Gasteiger partial charge in [0.1, 0.15) is 5.69 Å². The number of hydrogen-bond donors (Lipinski definition) is 2. The molecule has 0 radical (unpaired) electrons. The maximum atomic E-state index is 12.2. The lowest BCUT2D eigenvalue weighted by Crippen LogP contribution is -2.26. The Morgan fingerprint density at radius 2 is 1.92 bits per heavy atom. The lowest BCUT2D eigenvalue weighted by atomic mass is 10.1. The fourth-order valence-electron chi connectivity index (χ4n) is 2.44. The molecular formula is C19H21N5O. The fourth-order valence-corrected chi connectivity index (χ4v) is 2.44. The molecule has 1 amide bonds. The highest BCUT2D eigenvalue weighted by molar-refractivity contribution is 5.93. The van der Waals surface area contributed by atoms with E-state index in [0.717, 1.165) is 23.0 Å². The number of para-hydroxylation sites is 1. The normalized spacial score (nSPS) is 10.8. The van der Waals surface area contributed by atoms with Crippen molar-refractivity contribution in [3.63, 3.8) is 0 Å². The van der Waals surface area contributed by atoms with E-state index in [1.165, 1.54) is 0 Å². The minimum atomic E-state index is -0.192. The molecule has 0 aliphatic rings. The number of carbonyl (C=O) groups excluding carboxylic acids is 1. The Morgan fingerprint density at radius 1 is 1.08 bits per heavy atom. The van der Waals surface area contributed by atoms with Crippen LogP contribution in [0.25, 0.3) is 10.9 Å². The van der Waals surface area contributed by atoms with Gasteiger partial charge in [-0.3, -0.25) is 9.78 Å². The van der Waals surface area contributed by atoms with Crippen molar-refractivity contribution in [1.82, 2.24) is 20.3 Å². The predicted octanol–water partition coefficient (Wildman–Crippen LogP) is 3.54. The van der Waals surface area contributed by atoms with Gasteiger partial charge in [-0.05, 0) is 30.5 Å². The van der Waals surface area contributed by atoms with Crippen molar-refractivity contribution in [2.24, 2.45) is 5.92 Å². The van der Waals surface area contributed by atoms with Crippen molar-refractivity contribution in [1.29, 1.82) is 0 Å². The van der Waals surface area contributed by atoms with Crippen LogP contribution in [0.3, 0.4) is 0 Å². The van der Waals surface area contributed by atoms with Crippen LogP contribution < -0.4 is 10.6 Å². The monoisotopic (exact) mass is 335 g/mol. The second-order valence-electron chi connectivity index (χ2n) is 6.21. The molecule has 2 aromatic heterocycles. The van der Waals surface area contributed by atoms with Crippen molar-refractivity contribution in [2.45, 2.75) is 20.3 Å². The summed E-state index contributed by atoms with van der Waals surface area (Å²) in [6.07, 6.45) is 4.25. The van der Waals surface area contributed by atoms with Crippen molar-refractivity contribution in [3.05, 3.63) is 54.5 Å². The summed E-state index contributed by atoms with van der Waals surface area (Å²) in [5.41, 5.74) is 1.98. The Balaban J connectivity index is 1.76. The Labute approximate surface area is 146 Å². The van der Waals surface area contributed by atoms with E-state index in [-0.39, 0.29) is 5.91 Å². The minimum Gasteiger partial charge on any atom is -0.351 e. The van der Waals surface area contributed by atoms with E-state index in [1.807, 2.05) is 30.3 Å². The van der Waals surface area contributed by atoms with E-state index < -0.39 is 0 Å². The molecule has 0 saturated heterocycles. The summed E-state index contributed by atoms with van der Waals surface area (Å²) < 4.78 is 0. The zero-order valence-electron chi connectivity index (χ0n) is 14.4. The number of nitrogens with zero attached hydrogens (tertiary/aromatic N) is 3. The molecule has 0 aliphatic heterocycles. The van der Waals surface area contributed by atoms with Crippen LogP contribution in [0, 0.1) is 5.92 Å². The lowest BCUT2D eigenvalue weighted by Gasteiger charge is -2.09. The third-order valence-corrected chi connectivity index (χ3v) is 3.77. The van der Waals surface area contributed by atoms with Crippen molar-refractivity contribution in [3.8, 4) is 0 Å². The van der Waals surface area contributed by atoms with E-state index in [2.05, 4.69) is 39.4 Å². The van der Waals surface area contributed by atoms with Crippen LogP contribution in [-0.2, 0) is 0 Å². The molecule has 6 nitrogen and oxygen atoms in total. The summed E-state index contributed by atoms with van der Waals surface area (Å²) >= 11 is 0. The molecule has 2 heterocycles. The third-order valence-electron chi connectivity index (χ3n) is 3.77. The quantitative estimate of drug-likeness (QED) is 0.720. The van der Waals surface area contributed by atoms with Crippen LogP contribution in [0.15, 0.2) is 48.8 Å². The summed E-state index contributed by atoms with van der Waals surface area (Å²) in [5.74, 6) is 0.721. The topological polar surface area (TPSA) is 79.8 Å². The number of aromatic nitrogens is 3. The molecule has 0 bridgehead atoms. The average Bonchev–Trinajstić information content (AvgIpc) is 2.62. The van der Waals surface area contributed by atoms with E-state index in [1.54, 1.807) is 18.5 Å². The molecule has 6 heteroatoms. The Hall–Kier alpha value is -3.02. The molecule has 0 saturated carbocycles. The molecule has 0 spiro atoms. The van der Waals surface area contributed by atoms with E-state index >= 15 is 0 Å². The van der Waals surface area contributed by atoms with Gasteiger partial charge in [-0.2, -0.15) is 0 Å². The predicted molar refractivity (Wildman–Crippen MR) is 98.8 cm³/mol. The van der Waals surface area contributed by atoms with Gasteiger partial charge in [0.15, 0.2) is 0 Å². The summed E-state index contributed by atoms with van der Waals surface area (Å²) in [7, 11) is 0. The van der Waals surface area contributed by atoms with Crippen LogP contribution in [-0.4, -0.2) is 27.4 Å². The van der Waals surface area contributed by atoms with Gasteiger partial charge in [-0.1, -0.05) is 32.0 Å². The standard InChI is InChI=1S/C19H21N5O/c1-13(2)8-11-21-18(25)16-9-12-22-19(24-16)23-15-7-3-5-14-6-4-10-20-17(14)15/h3-7,9-10,12-13H,8,11H2,1-2H3,(H,21,25)(H,22,23,24). The van der Waals surface area contributed by atoms with Crippen molar-refractivity contribution in [2.75, 3.05) is 11.9 Å². The largest absolute Gasteiger partial charge is 0.351 e. The van der Waals surface area contributed by atoms with Crippen LogP contribution in [0.1, 0.15) is 30.8 Å². The maximum absolute atomic E-state index is 12.2. The smallest absolute Gasteiger partial charge is 0.270 e. The van der Waals surface area contributed by atoms with E-state index in [0.29, 0.717) is 24.1 Å². The first-order valence-electron chi connectivity index (χ1n) is 8.35. The fraction of sp³-hybridized carbons (Fsp3) is 0.263. The number of pyridine rings is 1. The number of nitrogens with one attached hydrogen (secondary N) is 2. The average molecular weight is 335 g/mol. The first kappa shape index (κ1) is 16.8. The van der Waals surface area contributed by atoms with Gasteiger partial charge >= 0.3 is 0 Å². The van der Waals surface area contributed by atoms with E-state index in [4.69, 9.17) is 0 Å². The molecule has 3 aromatic rings. The molecule has 0 atom stereocenters. The number of rotatable bonds is 6. The highest BCUT2D eigenvalue weighted by atomic mass is 16.1. The summed E-state index contributed by atoms with van der Waals surface area (Å²) in [6.45, 7) is 4.88. The van der Waals surface area contributed by atoms with Gasteiger partial charge < -0.3 is 10.6 Å². The molecule has 128 valence electrons. The zero-order chi connectivity index (χ0) is 17.6. The maximum Gasteiger partial charge on any atom is 0.270 e. The summed E-state index contributed by atoms with van der Waals surface area (Å²) in [6, 6.07) is 11.3.